The molecule has 0 saturated heterocycles. The van der Waals surface area contributed by atoms with Gasteiger partial charge in [-0.2, -0.15) is 0 Å². The molecule has 14 nitrogen and oxygen atoms in total. The van der Waals surface area contributed by atoms with Crippen LogP contribution < -0.4 is 27.4 Å². The molecule has 1 rings (SSSR count). The number of nitrogens with one attached hydrogen (secondary N) is 3. The lowest BCUT2D eigenvalue weighted by molar-refractivity contribution is -0.144. The molecule has 0 aliphatic rings. The first-order valence-electron chi connectivity index (χ1n) is 10.9. The van der Waals surface area contributed by atoms with Crippen LogP contribution in [0.5, 0.6) is 5.75 Å². The number of aliphatic carboxylic acids is 2. The van der Waals surface area contributed by atoms with E-state index in [9.17, 15) is 44.1 Å². The number of hydrogen-bond donors (Lipinski definition) is 8. The van der Waals surface area contributed by atoms with Crippen LogP contribution in [0, 0.1) is 5.92 Å². The summed E-state index contributed by atoms with van der Waals surface area (Å²) in [4.78, 5) is 71.7. The Kier molecular flexibility index (Phi) is 11.3. The van der Waals surface area contributed by atoms with E-state index in [4.69, 9.17) is 11.5 Å². The number of carbonyl (C=O) groups excluding carboxylic acids is 4. The van der Waals surface area contributed by atoms with Crippen molar-refractivity contribution in [1.82, 2.24) is 16.0 Å². The van der Waals surface area contributed by atoms with Gasteiger partial charge in [0.05, 0.1) is 18.9 Å². The van der Waals surface area contributed by atoms with Gasteiger partial charge in [-0.1, -0.05) is 26.0 Å². The summed E-state index contributed by atoms with van der Waals surface area (Å²) in [6.07, 6.45) is -1.48. The maximum atomic E-state index is 12.8. The molecule has 0 saturated carbocycles. The Balaban J connectivity index is 2.95. The highest BCUT2D eigenvalue weighted by Gasteiger charge is 2.33. The Labute approximate surface area is 206 Å². The van der Waals surface area contributed by atoms with Gasteiger partial charge in [-0.15, -0.1) is 0 Å². The Hall–Kier alpha value is -4.20. The van der Waals surface area contributed by atoms with Crippen LogP contribution in [0.15, 0.2) is 24.3 Å². The van der Waals surface area contributed by atoms with E-state index in [1.807, 2.05) is 0 Å². The largest absolute Gasteiger partial charge is 0.508 e. The number of carboxylic acids is 2. The number of amides is 4. The third-order valence-corrected chi connectivity index (χ3v) is 5.01. The van der Waals surface area contributed by atoms with Crippen molar-refractivity contribution in [3.8, 4) is 5.75 Å². The highest BCUT2D eigenvalue weighted by Crippen LogP contribution is 2.11. The summed E-state index contributed by atoms with van der Waals surface area (Å²) in [7, 11) is 0. The second-order valence-corrected chi connectivity index (χ2v) is 8.44. The fraction of sp³-hybridized carbons (Fsp3) is 0.455. The predicted molar refractivity (Wildman–Crippen MR) is 124 cm³/mol. The zero-order chi connectivity index (χ0) is 27.6. The summed E-state index contributed by atoms with van der Waals surface area (Å²) >= 11 is 0. The van der Waals surface area contributed by atoms with E-state index in [1.165, 1.54) is 26.0 Å². The van der Waals surface area contributed by atoms with Crippen LogP contribution >= 0.6 is 0 Å². The van der Waals surface area contributed by atoms with Crippen molar-refractivity contribution < 1.29 is 44.1 Å². The van der Waals surface area contributed by atoms with Crippen LogP contribution in [-0.4, -0.2) is 75.1 Å². The van der Waals surface area contributed by atoms with E-state index >= 15 is 0 Å². The number of carboxylic acid groups (broad SMARTS) is 2. The number of benzene rings is 1. The van der Waals surface area contributed by atoms with Gasteiger partial charge >= 0.3 is 11.9 Å². The zero-order valence-corrected chi connectivity index (χ0v) is 19.8. The third kappa shape index (κ3) is 9.97. The highest BCUT2D eigenvalue weighted by atomic mass is 16.4. The molecule has 1 aromatic rings. The summed E-state index contributed by atoms with van der Waals surface area (Å²) in [5, 5.41) is 34.4. The molecule has 0 spiro atoms. The number of phenols is 1. The lowest BCUT2D eigenvalue weighted by Crippen LogP contribution is -2.59. The summed E-state index contributed by atoms with van der Waals surface area (Å²) < 4.78 is 0. The number of nitrogens with two attached hydrogens (primary N) is 2. The van der Waals surface area contributed by atoms with Crippen molar-refractivity contribution in [3.63, 3.8) is 0 Å². The van der Waals surface area contributed by atoms with Crippen LogP contribution in [0.1, 0.15) is 32.3 Å². The molecule has 0 aliphatic heterocycles. The van der Waals surface area contributed by atoms with Crippen molar-refractivity contribution in [2.45, 2.75) is 57.3 Å². The van der Waals surface area contributed by atoms with E-state index in [0.717, 1.165) is 0 Å². The SMILES string of the molecule is CC(C)C(NC(=O)C(CC(=O)O)NC(=O)C(N)Cc1ccc(O)cc1)C(=O)NC(CC(N)=O)C(=O)O. The van der Waals surface area contributed by atoms with Crippen molar-refractivity contribution in [2.75, 3.05) is 0 Å². The van der Waals surface area contributed by atoms with Gasteiger partial charge in [0.25, 0.3) is 0 Å². The fourth-order valence-corrected chi connectivity index (χ4v) is 3.09. The minimum atomic E-state index is -1.64. The van der Waals surface area contributed by atoms with Crippen molar-refractivity contribution in [3.05, 3.63) is 29.8 Å². The molecule has 0 aliphatic carbocycles. The van der Waals surface area contributed by atoms with Crippen LogP contribution in [0.2, 0.25) is 0 Å². The van der Waals surface area contributed by atoms with Gasteiger partial charge in [0.1, 0.15) is 23.9 Å². The topological polar surface area (TPSA) is 251 Å². The molecule has 198 valence electrons. The first kappa shape index (κ1) is 29.8. The molecular weight excluding hydrogens is 478 g/mol. The fourth-order valence-electron chi connectivity index (χ4n) is 3.09. The molecule has 36 heavy (non-hydrogen) atoms. The lowest BCUT2D eigenvalue weighted by Gasteiger charge is -2.26. The molecule has 4 atom stereocenters. The molecule has 1 aromatic carbocycles. The average molecular weight is 510 g/mol. The average Bonchev–Trinajstić information content (AvgIpc) is 2.76. The van der Waals surface area contributed by atoms with E-state index in [0.29, 0.717) is 5.56 Å². The first-order valence-corrected chi connectivity index (χ1v) is 10.9. The second-order valence-electron chi connectivity index (χ2n) is 8.44. The van der Waals surface area contributed by atoms with Gasteiger partial charge in [-0.25, -0.2) is 4.79 Å². The molecule has 0 bridgehead atoms. The molecule has 10 N–H and O–H groups in total. The molecule has 4 unspecified atom stereocenters. The van der Waals surface area contributed by atoms with Crippen molar-refractivity contribution in [2.24, 2.45) is 17.4 Å². The second kappa shape index (κ2) is 13.6. The number of phenolic OH excluding ortho intramolecular Hbond substituents is 1. The van der Waals surface area contributed by atoms with Crippen LogP contribution in [0.3, 0.4) is 0 Å². The number of carbonyl (C=O) groups is 6. The van der Waals surface area contributed by atoms with Crippen LogP contribution in [0.25, 0.3) is 0 Å². The smallest absolute Gasteiger partial charge is 0.326 e. The van der Waals surface area contributed by atoms with Gasteiger partial charge in [0.2, 0.25) is 23.6 Å². The van der Waals surface area contributed by atoms with E-state index in [-0.39, 0.29) is 12.2 Å². The number of hydrogen-bond acceptors (Lipinski definition) is 8. The summed E-state index contributed by atoms with van der Waals surface area (Å²) in [5.41, 5.74) is 11.5. The molecule has 0 fully saturated rings. The Morgan fingerprint density at radius 3 is 1.86 bits per heavy atom. The van der Waals surface area contributed by atoms with Gasteiger partial charge in [0.15, 0.2) is 0 Å². The van der Waals surface area contributed by atoms with Gasteiger partial charge in [-0.3, -0.25) is 24.0 Å². The Morgan fingerprint density at radius 2 is 1.39 bits per heavy atom. The Bertz CT molecular complexity index is 981. The number of primary amides is 1. The van der Waals surface area contributed by atoms with E-state index < -0.39 is 78.5 Å². The predicted octanol–water partition coefficient (Wildman–Crippen LogP) is -2.19. The quantitative estimate of drug-likeness (QED) is 0.134. The van der Waals surface area contributed by atoms with Gasteiger partial charge in [-0.05, 0) is 30.0 Å². The Morgan fingerprint density at radius 1 is 0.833 bits per heavy atom. The van der Waals surface area contributed by atoms with E-state index in [2.05, 4.69) is 16.0 Å². The molecule has 14 heteroatoms. The third-order valence-electron chi connectivity index (χ3n) is 5.01. The summed E-state index contributed by atoms with van der Waals surface area (Å²) in [5.74, 6) is -7.27. The molecule has 4 amide bonds. The molecule has 0 aromatic heterocycles. The molecular formula is C22H31N5O9. The summed E-state index contributed by atoms with van der Waals surface area (Å²) in [6, 6.07) is 0.151. The summed E-state index contributed by atoms with van der Waals surface area (Å²) in [6.45, 7) is 3.07. The standard InChI is InChI=1S/C22H31N5O9/c1-10(2)18(21(34)26-15(22(35)36)8-16(24)29)27-20(33)14(9-17(30)31)25-19(32)13(23)7-11-3-5-12(28)6-4-11/h3-6,10,13-15,18,28H,7-9,23H2,1-2H3,(H2,24,29)(H,25,32)(H,26,34)(H,27,33)(H,30,31)(H,35,36). The van der Waals surface area contributed by atoms with Gasteiger partial charge in [0, 0.05) is 0 Å². The van der Waals surface area contributed by atoms with Crippen molar-refractivity contribution in [1.29, 1.82) is 0 Å². The molecule has 0 radical (unpaired) electrons. The maximum absolute atomic E-state index is 12.8. The van der Waals surface area contributed by atoms with Crippen molar-refractivity contribution >= 4 is 35.6 Å². The van der Waals surface area contributed by atoms with Gasteiger partial charge < -0.3 is 42.7 Å². The first-order chi connectivity index (χ1) is 16.7. The minimum Gasteiger partial charge on any atom is -0.508 e. The lowest BCUT2D eigenvalue weighted by atomic mass is 10.0. The highest BCUT2D eigenvalue weighted by molar-refractivity contribution is 5.96. The number of aromatic hydroxyl groups is 1. The maximum Gasteiger partial charge on any atom is 0.326 e. The zero-order valence-electron chi connectivity index (χ0n) is 19.8. The molecule has 0 heterocycles. The van der Waals surface area contributed by atoms with E-state index in [1.54, 1.807) is 12.1 Å². The minimum absolute atomic E-state index is 0.0167. The number of rotatable bonds is 14. The monoisotopic (exact) mass is 509 g/mol. The normalized spacial score (nSPS) is 14.1. The van der Waals surface area contributed by atoms with Crippen LogP contribution in [0.4, 0.5) is 0 Å². The van der Waals surface area contributed by atoms with Crippen LogP contribution in [-0.2, 0) is 35.2 Å².